The first-order valence-corrected chi connectivity index (χ1v) is 10.8. The zero-order valence-corrected chi connectivity index (χ0v) is 15.5. The number of sulfonamides is 1. The third kappa shape index (κ3) is 6.21. The normalized spacial score (nSPS) is 14.3. The molecule has 0 aliphatic heterocycles. The van der Waals surface area contributed by atoms with Crippen molar-refractivity contribution in [2.75, 3.05) is 12.0 Å². The molecule has 0 aliphatic carbocycles. The molecule has 0 aromatic heterocycles. The van der Waals surface area contributed by atoms with Crippen LogP contribution in [0.25, 0.3) is 0 Å². The lowest BCUT2D eigenvalue weighted by Crippen LogP contribution is -2.44. The first-order valence-electron chi connectivity index (χ1n) is 7.30. The van der Waals surface area contributed by atoms with Crippen LogP contribution in [0, 0.1) is 0 Å². The molecular weight excluding hydrogens is 354 g/mol. The minimum absolute atomic E-state index is 0.00483. The molecule has 0 heterocycles. The molecule has 9 heteroatoms. The predicted octanol–water partition coefficient (Wildman–Crippen LogP) is 0.815. The molecule has 1 rings (SSSR count). The molecule has 0 saturated carbocycles. The number of aliphatic carboxylic acids is 1. The van der Waals surface area contributed by atoms with Crippen molar-refractivity contribution in [2.45, 2.75) is 37.5 Å². The number of hydrogen-bond acceptors (Lipinski definition) is 5. The van der Waals surface area contributed by atoms with Crippen LogP contribution in [0.1, 0.15) is 25.8 Å². The van der Waals surface area contributed by atoms with Crippen molar-refractivity contribution >= 4 is 25.8 Å². The van der Waals surface area contributed by atoms with E-state index in [2.05, 4.69) is 4.72 Å². The Balaban J connectivity index is 2.80. The number of nitrogens with one attached hydrogen (secondary N) is 1. The lowest BCUT2D eigenvalue weighted by molar-refractivity contribution is -0.138. The van der Waals surface area contributed by atoms with Crippen LogP contribution in [0.2, 0.25) is 0 Å². The maximum atomic E-state index is 12.1. The van der Waals surface area contributed by atoms with Gasteiger partial charge in [-0.1, -0.05) is 30.3 Å². The fraction of sp³-hybridized carbons (Fsp3) is 0.533. The van der Waals surface area contributed by atoms with Crippen LogP contribution in [0.15, 0.2) is 30.3 Å². The number of carboxylic acid groups (broad SMARTS) is 1. The van der Waals surface area contributed by atoms with Crippen molar-refractivity contribution < 1.29 is 26.7 Å². The van der Waals surface area contributed by atoms with Gasteiger partial charge in [-0.25, -0.2) is 21.6 Å². The highest BCUT2D eigenvalue weighted by Crippen LogP contribution is 2.20. The second-order valence-corrected chi connectivity index (χ2v) is 10.8. The largest absolute Gasteiger partial charge is 0.480 e. The van der Waals surface area contributed by atoms with Crippen LogP contribution in [-0.2, 0) is 31.1 Å². The van der Waals surface area contributed by atoms with Gasteiger partial charge in [0.1, 0.15) is 6.04 Å². The highest BCUT2D eigenvalue weighted by atomic mass is 32.2. The number of carbonyl (C=O) groups is 1. The molecule has 0 radical (unpaired) electrons. The maximum absolute atomic E-state index is 12.1. The Hall–Kier alpha value is -1.45. The van der Waals surface area contributed by atoms with Gasteiger partial charge in [0.2, 0.25) is 10.0 Å². The van der Waals surface area contributed by atoms with Gasteiger partial charge in [0, 0.05) is 6.26 Å². The van der Waals surface area contributed by atoms with Crippen LogP contribution >= 0.6 is 0 Å². The Morgan fingerprint density at radius 3 is 2.17 bits per heavy atom. The van der Waals surface area contributed by atoms with E-state index in [1.165, 1.54) is 13.8 Å². The Morgan fingerprint density at radius 2 is 1.71 bits per heavy atom. The van der Waals surface area contributed by atoms with E-state index in [1.54, 1.807) is 30.3 Å². The van der Waals surface area contributed by atoms with E-state index in [0.717, 1.165) is 6.26 Å². The molecule has 0 amide bonds. The Morgan fingerprint density at radius 1 is 1.17 bits per heavy atom. The van der Waals surface area contributed by atoms with Gasteiger partial charge in [0.05, 0.1) is 10.5 Å². The second kappa shape index (κ2) is 7.62. The summed E-state index contributed by atoms with van der Waals surface area (Å²) in [5, 5.41) is 9.23. The van der Waals surface area contributed by atoms with E-state index in [-0.39, 0.29) is 12.8 Å². The minimum atomic E-state index is -3.93. The molecule has 0 bridgehead atoms. The SMILES string of the molecule is CC(C)(CCS(=O)(=O)N[C@H](Cc1ccccc1)C(=O)O)S(C)(=O)=O. The summed E-state index contributed by atoms with van der Waals surface area (Å²) in [6.45, 7) is 2.88. The molecule has 1 atom stereocenters. The van der Waals surface area contributed by atoms with Gasteiger partial charge >= 0.3 is 5.97 Å². The molecule has 24 heavy (non-hydrogen) atoms. The molecule has 0 fully saturated rings. The summed E-state index contributed by atoms with van der Waals surface area (Å²) < 4.78 is 48.5. The van der Waals surface area contributed by atoms with Crippen molar-refractivity contribution in [2.24, 2.45) is 0 Å². The van der Waals surface area contributed by atoms with E-state index in [0.29, 0.717) is 5.56 Å². The molecule has 136 valence electrons. The first kappa shape index (κ1) is 20.6. The van der Waals surface area contributed by atoms with Crippen molar-refractivity contribution in [1.82, 2.24) is 4.72 Å². The summed E-state index contributed by atoms with van der Waals surface area (Å²) in [6.07, 6.45) is 0.923. The van der Waals surface area contributed by atoms with Gasteiger partial charge in [-0.2, -0.15) is 0 Å². The molecule has 2 N–H and O–H groups in total. The van der Waals surface area contributed by atoms with Crippen molar-refractivity contribution in [3.63, 3.8) is 0 Å². The zero-order valence-electron chi connectivity index (χ0n) is 13.9. The number of rotatable bonds is 9. The van der Waals surface area contributed by atoms with Crippen LogP contribution in [0.3, 0.4) is 0 Å². The molecule has 7 nitrogen and oxygen atoms in total. The highest BCUT2D eigenvalue weighted by molar-refractivity contribution is 7.92. The van der Waals surface area contributed by atoms with E-state index in [9.17, 15) is 26.7 Å². The Kier molecular flexibility index (Phi) is 6.54. The van der Waals surface area contributed by atoms with E-state index in [1.807, 2.05) is 0 Å². The Labute approximate surface area is 143 Å². The highest BCUT2D eigenvalue weighted by Gasteiger charge is 2.33. The molecule has 1 aromatic carbocycles. The lowest BCUT2D eigenvalue weighted by atomic mass is 10.1. The fourth-order valence-electron chi connectivity index (χ4n) is 1.87. The molecular formula is C15H23NO6S2. The number of sulfone groups is 1. The average molecular weight is 377 g/mol. The monoisotopic (exact) mass is 377 g/mol. The van der Waals surface area contributed by atoms with Crippen LogP contribution < -0.4 is 4.72 Å². The fourth-order valence-corrected chi connectivity index (χ4v) is 3.99. The number of benzene rings is 1. The van der Waals surface area contributed by atoms with E-state index in [4.69, 9.17) is 0 Å². The van der Waals surface area contributed by atoms with Gasteiger partial charge in [-0.15, -0.1) is 0 Å². The number of carboxylic acids is 1. The van der Waals surface area contributed by atoms with Crippen molar-refractivity contribution in [3.05, 3.63) is 35.9 Å². The predicted molar refractivity (Wildman–Crippen MR) is 92.0 cm³/mol. The lowest BCUT2D eigenvalue weighted by Gasteiger charge is -2.23. The van der Waals surface area contributed by atoms with Crippen molar-refractivity contribution in [1.29, 1.82) is 0 Å². The standard InChI is InChI=1S/C15H23NO6S2/c1-15(2,23(3,19)20)9-10-24(21,22)16-13(14(17)18)11-12-7-5-4-6-8-12/h4-8,13,16H,9-11H2,1-3H3,(H,17,18)/t13-/m1/s1. The summed E-state index contributed by atoms with van der Waals surface area (Å²) in [5.41, 5.74) is 0.684. The molecule has 0 unspecified atom stereocenters. The topological polar surface area (TPSA) is 118 Å². The second-order valence-electron chi connectivity index (χ2n) is 6.30. The number of hydrogen-bond donors (Lipinski definition) is 2. The van der Waals surface area contributed by atoms with Crippen LogP contribution in [0.4, 0.5) is 0 Å². The Bertz CT molecular complexity index is 769. The van der Waals surface area contributed by atoms with E-state index < -0.39 is 42.4 Å². The van der Waals surface area contributed by atoms with Gasteiger partial charge in [-0.3, -0.25) is 4.79 Å². The molecule has 0 saturated heterocycles. The molecule has 0 spiro atoms. The van der Waals surface area contributed by atoms with Crippen LogP contribution in [0.5, 0.6) is 0 Å². The van der Waals surface area contributed by atoms with Gasteiger partial charge in [0.25, 0.3) is 0 Å². The molecule has 1 aromatic rings. The summed E-state index contributed by atoms with van der Waals surface area (Å²) in [4.78, 5) is 11.3. The maximum Gasteiger partial charge on any atom is 0.322 e. The summed E-state index contributed by atoms with van der Waals surface area (Å²) in [7, 11) is -7.36. The summed E-state index contributed by atoms with van der Waals surface area (Å²) in [5.74, 6) is -1.75. The third-order valence-corrected chi connectivity index (χ3v) is 7.48. The first-order chi connectivity index (χ1) is 10.8. The van der Waals surface area contributed by atoms with Gasteiger partial charge in [-0.05, 0) is 32.3 Å². The van der Waals surface area contributed by atoms with Crippen molar-refractivity contribution in [3.8, 4) is 0 Å². The quantitative estimate of drug-likeness (QED) is 0.658. The smallest absolute Gasteiger partial charge is 0.322 e. The average Bonchev–Trinajstić information content (AvgIpc) is 2.44. The molecule has 0 aliphatic rings. The van der Waals surface area contributed by atoms with Crippen LogP contribution in [-0.4, -0.2) is 50.7 Å². The minimum Gasteiger partial charge on any atom is -0.480 e. The third-order valence-electron chi connectivity index (χ3n) is 3.88. The van der Waals surface area contributed by atoms with E-state index >= 15 is 0 Å². The van der Waals surface area contributed by atoms with Gasteiger partial charge < -0.3 is 5.11 Å². The zero-order chi connectivity index (χ0) is 18.6. The summed E-state index contributed by atoms with van der Waals surface area (Å²) in [6, 6.07) is 7.35. The van der Waals surface area contributed by atoms with Gasteiger partial charge in [0.15, 0.2) is 9.84 Å². The summed E-state index contributed by atoms with van der Waals surface area (Å²) >= 11 is 0.